The maximum atomic E-state index is 12.4. The van der Waals surface area contributed by atoms with Gasteiger partial charge in [0.1, 0.15) is 11.5 Å². The Labute approximate surface area is 159 Å². The number of anilines is 1. The van der Waals surface area contributed by atoms with Crippen molar-refractivity contribution >= 4 is 11.6 Å². The van der Waals surface area contributed by atoms with Crippen LogP contribution in [0, 0.1) is 0 Å². The highest BCUT2D eigenvalue weighted by Crippen LogP contribution is 2.46. The van der Waals surface area contributed by atoms with Gasteiger partial charge < -0.3 is 24.3 Å². The minimum absolute atomic E-state index is 0.0519. The van der Waals surface area contributed by atoms with E-state index in [4.69, 9.17) is 18.9 Å². The summed E-state index contributed by atoms with van der Waals surface area (Å²) < 4.78 is 22.4. The summed E-state index contributed by atoms with van der Waals surface area (Å²) >= 11 is 0. The number of nitrogens with one attached hydrogen (secondary N) is 1. The fraction of sp³-hybridized carbons (Fsp3) is 0.381. The van der Waals surface area contributed by atoms with Crippen LogP contribution in [-0.4, -0.2) is 33.3 Å². The van der Waals surface area contributed by atoms with Gasteiger partial charge in [-0.2, -0.15) is 0 Å². The molecule has 0 saturated carbocycles. The lowest BCUT2D eigenvalue weighted by molar-refractivity contribution is -0.116. The third-order valence-electron chi connectivity index (χ3n) is 4.57. The van der Waals surface area contributed by atoms with Crippen LogP contribution in [-0.2, 0) is 4.79 Å². The van der Waals surface area contributed by atoms with Gasteiger partial charge in [0.2, 0.25) is 5.91 Å². The zero-order valence-electron chi connectivity index (χ0n) is 16.1. The van der Waals surface area contributed by atoms with E-state index < -0.39 is 0 Å². The second-order valence-corrected chi connectivity index (χ2v) is 6.16. The van der Waals surface area contributed by atoms with Crippen molar-refractivity contribution in [3.05, 3.63) is 41.5 Å². The fourth-order valence-electron chi connectivity index (χ4n) is 3.39. The molecule has 1 aliphatic rings. The quantitative estimate of drug-likeness (QED) is 0.798. The van der Waals surface area contributed by atoms with Crippen molar-refractivity contribution in [3.63, 3.8) is 0 Å². The molecule has 2 aromatic carbocycles. The molecule has 1 N–H and O–H groups in total. The Balaban J connectivity index is 2.15. The van der Waals surface area contributed by atoms with Crippen molar-refractivity contribution in [2.75, 3.05) is 32.8 Å². The number of benzene rings is 2. The molecule has 1 aliphatic heterocycles. The third kappa shape index (κ3) is 3.79. The first-order valence-corrected chi connectivity index (χ1v) is 9.06. The molecule has 0 fully saturated rings. The van der Waals surface area contributed by atoms with Gasteiger partial charge in [-0.1, -0.05) is 0 Å². The molecule has 1 atom stereocenters. The molecular formula is C21H25NO5. The van der Waals surface area contributed by atoms with E-state index in [-0.39, 0.29) is 11.8 Å². The molecule has 0 bridgehead atoms. The van der Waals surface area contributed by atoms with E-state index in [1.165, 1.54) is 0 Å². The predicted molar refractivity (Wildman–Crippen MR) is 103 cm³/mol. The van der Waals surface area contributed by atoms with Gasteiger partial charge >= 0.3 is 0 Å². The molecule has 6 nitrogen and oxygen atoms in total. The van der Waals surface area contributed by atoms with Gasteiger partial charge in [0, 0.05) is 29.7 Å². The van der Waals surface area contributed by atoms with Gasteiger partial charge in [0.25, 0.3) is 0 Å². The van der Waals surface area contributed by atoms with Gasteiger partial charge in [0.05, 0.1) is 27.4 Å². The highest BCUT2D eigenvalue weighted by Gasteiger charge is 2.30. The zero-order valence-corrected chi connectivity index (χ0v) is 16.1. The lowest BCUT2D eigenvalue weighted by atomic mass is 9.84. The summed E-state index contributed by atoms with van der Waals surface area (Å²) in [5.41, 5.74) is 2.60. The minimum Gasteiger partial charge on any atom is -0.497 e. The van der Waals surface area contributed by atoms with Crippen LogP contribution >= 0.6 is 0 Å². The van der Waals surface area contributed by atoms with Crippen molar-refractivity contribution in [2.24, 2.45) is 0 Å². The number of ether oxygens (including phenoxy) is 4. The molecule has 2 aromatic rings. The Kier molecular flexibility index (Phi) is 5.74. The summed E-state index contributed by atoms with van der Waals surface area (Å²) in [6.45, 7) is 4.88. The molecule has 0 spiro atoms. The second-order valence-electron chi connectivity index (χ2n) is 6.16. The molecule has 144 valence electrons. The number of carbonyl (C=O) groups excluding carboxylic acids is 1. The zero-order chi connectivity index (χ0) is 19.4. The van der Waals surface area contributed by atoms with Crippen molar-refractivity contribution < 1.29 is 23.7 Å². The highest BCUT2D eigenvalue weighted by atomic mass is 16.5. The van der Waals surface area contributed by atoms with E-state index in [0.29, 0.717) is 42.6 Å². The molecule has 1 amide bonds. The lowest BCUT2D eigenvalue weighted by Crippen LogP contribution is -2.24. The number of carbonyl (C=O) groups is 1. The molecule has 0 radical (unpaired) electrons. The van der Waals surface area contributed by atoms with E-state index in [9.17, 15) is 4.79 Å². The van der Waals surface area contributed by atoms with Crippen molar-refractivity contribution in [3.8, 4) is 23.0 Å². The summed E-state index contributed by atoms with van der Waals surface area (Å²) in [5.74, 6) is 2.50. The SMILES string of the molecule is CCOc1cc2c(cc1OCC)C(c1cc(OC)ccc1OC)CC(=O)N2. The van der Waals surface area contributed by atoms with Crippen LogP contribution < -0.4 is 24.3 Å². The van der Waals surface area contributed by atoms with E-state index in [0.717, 1.165) is 16.8 Å². The maximum Gasteiger partial charge on any atom is 0.225 e. The Hall–Kier alpha value is -2.89. The molecule has 3 rings (SSSR count). The lowest BCUT2D eigenvalue weighted by Gasteiger charge is -2.28. The van der Waals surface area contributed by atoms with Gasteiger partial charge in [-0.05, 0) is 43.7 Å². The van der Waals surface area contributed by atoms with Crippen molar-refractivity contribution in [1.82, 2.24) is 0 Å². The van der Waals surface area contributed by atoms with E-state index >= 15 is 0 Å². The monoisotopic (exact) mass is 371 g/mol. The van der Waals surface area contributed by atoms with E-state index in [1.54, 1.807) is 14.2 Å². The Bertz CT molecular complexity index is 834. The number of hydrogen-bond donors (Lipinski definition) is 1. The molecule has 1 heterocycles. The van der Waals surface area contributed by atoms with Gasteiger partial charge in [-0.15, -0.1) is 0 Å². The summed E-state index contributed by atoms with van der Waals surface area (Å²) in [5, 5.41) is 2.95. The average Bonchev–Trinajstić information content (AvgIpc) is 2.68. The van der Waals surface area contributed by atoms with Gasteiger partial charge in [-0.3, -0.25) is 4.79 Å². The summed E-state index contributed by atoms with van der Waals surface area (Å²) in [4.78, 5) is 12.4. The van der Waals surface area contributed by atoms with Crippen molar-refractivity contribution in [1.29, 1.82) is 0 Å². The number of rotatable bonds is 7. The average molecular weight is 371 g/mol. The first kappa shape index (κ1) is 18.9. The van der Waals surface area contributed by atoms with E-state index in [2.05, 4.69) is 5.32 Å². The first-order valence-electron chi connectivity index (χ1n) is 9.06. The summed E-state index contributed by atoms with van der Waals surface area (Å²) in [6.07, 6.45) is 0.316. The Morgan fingerprint density at radius 3 is 2.26 bits per heavy atom. The van der Waals surface area contributed by atoms with Crippen molar-refractivity contribution in [2.45, 2.75) is 26.2 Å². The predicted octanol–water partition coefficient (Wildman–Crippen LogP) is 3.98. The number of amides is 1. The molecule has 0 saturated heterocycles. The Morgan fingerprint density at radius 1 is 0.926 bits per heavy atom. The topological polar surface area (TPSA) is 66.0 Å². The molecule has 6 heteroatoms. The number of fused-ring (bicyclic) bond motifs is 1. The summed E-state index contributed by atoms with van der Waals surface area (Å²) in [7, 11) is 3.24. The largest absolute Gasteiger partial charge is 0.497 e. The fourth-order valence-corrected chi connectivity index (χ4v) is 3.39. The highest BCUT2D eigenvalue weighted by molar-refractivity contribution is 5.96. The van der Waals surface area contributed by atoms with Crippen LogP contribution in [0.2, 0.25) is 0 Å². The molecule has 1 unspecified atom stereocenters. The number of hydrogen-bond acceptors (Lipinski definition) is 5. The van der Waals surface area contributed by atoms with Crippen LogP contribution in [0.15, 0.2) is 30.3 Å². The molecule has 27 heavy (non-hydrogen) atoms. The minimum atomic E-state index is -0.173. The number of methoxy groups -OCH3 is 2. The normalized spacial score (nSPS) is 15.6. The molecule has 0 aliphatic carbocycles. The van der Waals surface area contributed by atoms with Crippen LogP contribution in [0.5, 0.6) is 23.0 Å². The summed E-state index contributed by atoms with van der Waals surface area (Å²) in [6, 6.07) is 9.41. The van der Waals surface area contributed by atoms with E-state index in [1.807, 2.05) is 44.2 Å². The van der Waals surface area contributed by atoms with Crippen LogP contribution in [0.1, 0.15) is 37.3 Å². The first-order chi connectivity index (χ1) is 13.1. The van der Waals surface area contributed by atoms with Gasteiger partial charge in [-0.25, -0.2) is 0 Å². The smallest absolute Gasteiger partial charge is 0.225 e. The maximum absolute atomic E-state index is 12.4. The standard InChI is InChI=1S/C21H25NO5/c1-5-26-19-10-15-14(16-9-13(24-3)7-8-18(16)25-4)11-21(23)22-17(15)12-20(19)27-6-2/h7-10,12,14H,5-6,11H2,1-4H3,(H,22,23). The molecule has 0 aromatic heterocycles. The Morgan fingerprint density at radius 2 is 1.63 bits per heavy atom. The molecular weight excluding hydrogens is 346 g/mol. The second kappa shape index (κ2) is 8.20. The van der Waals surface area contributed by atoms with Gasteiger partial charge in [0.15, 0.2) is 11.5 Å². The third-order valence-corrected chi connectivity index (χ3v) is 4.57. The van der Waals surface area contributed by atoms with Crippen LogP contribution in [0.4, 0.5) is 5.69 Å². The van der Waals surface area contributed by atoms with Crippen LogP contribution in [0.25, 0.3) is 0 Å². The van der Waals surface area contributed by atoms with Crippen LogP contribution in [0.3, 0.4) is 0 Å².